The van der Waals surface area contributed by atoms with E-state index in [2.05, 4.69) is 36.1 Å². The van der Waals surface area contributed by atoms with Crippen molar-refractivity contribution in [1.29, 1.82) is 0 Å². The minimum absolute atomic E-state index is 0.479. The molecule has 0 aliphatic heterocycles. The summed E-state index contributed by atoms with van der Waals surface area (Å²) in [4.78, 5) is 2.13. The molecule has 3 nitrogen and oxygen atoms in total. The molecule has 3 heteroatoms. The predicted molar refractivity (Wildman–Crippen MR) is 86.8 cm³/mol. The van der Waals surface area contributed by atoms with Gasteiger partial charge in [0.15, 0.2) is 0 Å². The summed E-state index contributed by atoms with van der Waals surface area (Å²) < 4.78 is 0. The van der Waals surface area contributed by atoms with Gasteiger partial charge in [0.1, 0.15) is 0 Å². The number of aliphatic hydroxyl groups excluding tert-OH is 1. The van der Waals surface area contributed by atoms with E-state index in [9.17, 15) is 5.11 Å². The molecule has 21 heavy (non-hydrogen) atoms. The lowest BCUT2D eigenvalue weighted by Crippen LogP contribution is -2.24. The number of rotatable bonds is 6. The number of hydrogen-bond acceptors (Lipinski definition) is 3. The smallest absolute Gasteiger partial charge is 0.0916 e. The zero-order valence-electron chi connectivity index (χ0n) is 12.8. The lowest BCUT2D eigenvalue weighted by molar-refractivity contribution is 0.124. The van der Waals surface area contributed by atoms with Crippen LogP contribution in [-0.2, 0) is 13.1 Å². The summed E-state index contributed by atoms with van der Waals surface area (Å²) in [6, 6.07) is 16.3. The number of nitrogens with two attached hydrogens (primary N) is 1. The number of benzene rings is 2. The zero-order valence-corrected chi connectivity index (χ0v) is 12.8. The Morgan fingerprint density at radius 3 is 2.14 bits per heavy atom. The normalized spacial score (nSPS) is 12.6. The number of aryl methyl sites for hydroxylation is 1. The molecule has 2 aromatic rings. The van der Waals surface area contributed by atoms with Crippen molar-refractivity contribution in [2.75, 3.05) is 13.6 Å². The van der Waals surface area contributed by atoms with E-state index in [1.807, 2.05) is 31.3 Å². The third kappa shape index (κ3) is 4.67. The quantitative estimate of drug-likeness (QED) is 0.857. The van der Waals surface area contributed by atoms with E-state index >= 15 is 0 Å². The topological polar surface area (TPSA) is 49.5 Å². The van der Waals surface area contributed by atoms with E-state index in [1.54, 1.807) is 0 Å². The largest absolute Gasteiger partial charge is 0.387 e. The van der Waals surface area contributed by atoms with Gasteiger partial charge in [0.25, 0.3) is 0 Å². The molecule has 0 saturated carbocycles. The van der Waals surface area contributed by atoms with Crippen LogP contribution in [-0.4, -0.2) is 23.6 Å². The van der Waals surface area contributed by atoms with Gasteiger partial charge in [-0.05, 0) is 30.7 Å². The first-order valence-corrected chi connectivity index (χ1v) is 7.29. The first-order valence-electron chi connectivity index (χ1n) is 7.29. The van der Waals surface area contributed by atoms with Crippen molar-refractivity contribution in [3.63, 3.8) is 0 Å². The van der Waals surface area contributed by atoms with E-state index in [0.717, 1.165) is 17.7 Å². The van der Waals surface area contributed by atoms with Gasteiger partial charge >= 0.3 is 0 Å². The van der Waals surface area contributed by atoms with Crippen molar-refractivity contribution in [2.24, 2.45) is 5.73 Å². The first kappa shape index (κ1) is 15.7. The van der Waals surface area contributed by atoms with E-state index in [1.165, 1.54) is 11.1 Å². The van der Waals surface area contributed by atoms with E-state index in [0.29, 0.717) is 13.1 Å². The van der Waals surface area contributed by atoms with Crippen LogP contribution in [0.5, 0.6) is 0 Å². The molecule has 0 aromatic heterocycles. The molecular weight excluding hydrogens is 260 g/mol. The minimum atomic E-state index is -0.479. The van der Waals surface area contributed by atoms with Crippen molar-refractivity contribution in [3.8, 4) is 0 Å². The Hall–Kier alpha value is -1.68. The highest BCUT2D eigenvalue weighted by molar-refractivity contribution is 5.24. The molecule has 0 aliphatic rings. The third-order valence-electron chi connectivity index (χ3n) is 3.66. The van der Waals surface area contributed by atoms with Gasteiger partial charge in [-0.25, -0.2) is 0 Å². The molecule has 0 saturated heterocycles. The summed E-state index contributed by atoms with van der Waals surface area (Å²) in [6.45, 7) is 4.06. The molecular formula is C18H24N2O. The molecule has 0 heterocycles. The Morgan fingerprint density at radius 1 is 1.00 bits per heavy atom. The summed E-state index contributed by atoms with van der Waals surface area (Å²) in [7, 11) is 2.03. The summed E-state index contributed by atoms with van der Waals surface area (Å²) >= 11 is 0. The van der Waals surface area contributed by atoms with E-state index in [-0.39, 0.29) is 0 Å². The lowest BCUT2D eigenvalue weighted by Gasteiger charge is -2.21. The van der Waals surface area contributed by atoms with Crippen LogP contribution < -0.4 is 5.73 Å². The second-order valence-corrected chi connectivity index (χ2v) is 5.64. The van der Waals surface area contributed by atoms with Crippen LogP contribution in [0.3, 0.4) is 0 Å². The summed E-state index contributed by atoms with van der Waals surface area (Å²) in [5.74, 6) is 0. The van der Waals surface area contributed by atoms with Gasteiger partial charge in [0.2, 0.25) is 0 Å². The molecule has 0 spiro atoms. The maximum atomic E-state index is 10.3. The fourth-order valence-corrected chi connectivity index (χ4v) is 2.35. The number of likely N-dealkylation sites (N-methyl/N-ethyl adjacent to an activating group) is 1. The summed E-state index contributed by atoms with van der Waals surface area (Å²) in [6.07, 6.45) is -0.479. The van der Waals surface area contributed by atoms with Crippen molar-refractivity contribution < 1.29 is 5.11 Å². The third-order valence-corrected chi connectivity index (χ3v) is 3.66. The van der Waals surface area contributed by atoms with Crippen LogP contribution in [0, 0.1) is 6.92 Å². The monoisotopic (exact) mass is 284 g/mol. The fourth-order valence-electron chi connectivity index (χ4n) is 2.35. The van der Waals surface area contributed by atoms with Gasteiger partial charge < -0.3 is 10.8 Å². The Morgan fingerprint density at radius 2 is 1.57 bits per heavy atom. The Bertz CT molecular complexity index is 548. The summed E-state index contributed by atoms with van der Waals surface area (Å²) in [5, 5.41) is 10.3. The van der Waals surface area contributed by atoms with Crippen LogP contribution in [0.4, 0.5) is 0 Å². The van der Waals surface area contributed by atoms with Gasteiger partial charge in [-0.15, -0.1) is 0 Å². The summed E-state index contributed by atoms with van der Waals surface area (Å²) in [5.41, 5.74) is 10.1. The highest BCUT2D eigenvalue weighted by Gasteiger charge is 2.11. The van der Waals surface area contributed by atoms with Crippen molar-refractivity contribution in [1.82, 2.24) is 4.90 Å². The number of nitrogens with zero attached hydrogens (tertiary/aromatic N) is 1. The fraction of sp³-hybridized carbons (Fsp3) is 0.333. The molecule has 1 unspecified atom stereocenters. The van der Waals surface area contributed by atoms with Crippen LogP contribution in [0.25, 0.3) is 0 Å². The molecule has 3 N–H and O–H groups in total. The molecule has 0 amide bonds. The average Bonchev–Trinajstić information content (AvgIpc) is 2.49. The van der Waals surface area contributed by atoms with E-state index in [4.69, 9.17) is 5.73 Å². The molecule has 2 rings (SSSR count). The number of aliphatic hydroxyl groups is 1. The van der Waals surface area contributed by atoms with Gasteiger partial charge in [-0.3, -0.25) is 4.90 Å². The maximum Gasteiger partial charge on any atom is 0.0916 e. The Kier molecular flexibility index (Phi) is 5.51. The van der Waals surface area contributed by atoms with Gasteiger partial charge in [0, 0.05) is 19.6 Å². The standard InChI is InChI=1S/C18H24N2O/c1-14-3-5-16(6-4-14)12-20(2)13-18(21)17-9-7-15(11-19)8-10-17/h3-10,18,21H,11-13,19H2,1-2H3. The lowest BCUT2D eigenvalue weighted by atomic mass is 10.1. The molecule has 0 bridgehead atoms. The van der Waals surface area contributed by atoms with Gasteiger partial charge in [0.05, 0.1) is 6.10 Å². The second kappa shape index (κ2) is 7.36. The number of hydrogen-bond donors (Lipinski definition) is 2. The van der Waals surface area contributed by atoms with E-state index < -0.39 is 6.10 Å². The SMILES string of the molecule is Cc1ccc(CN(C)CC(O)c2ccc(CN)cc2)cc1. The van der Waals surface area contributed by atoms with Crippen LogP contribution in [0.1, 0.15) is 28.4 Å². The second-order valence-electron chi connectivity index (χ2n) is 5.64. The zero-order chi connectivity index (χ0) is 15.2. The van der Waals surface area contributed by atoms with Crippen LogP contribution >= 0.6 is 0 Å². The van der Waals surface area contributed by atoms with Gasteiger partial charge in [-0.2, -0.15) is 0 Å². The molecule has 112 valence electrons. The first-order chi connectivity index (χ1) is 10.1. The van der Waals surface area contributed by atoms with Crippen LogP contribution in [0.2, 0.25) is 0 Å². The van der Waals surface area contributed by atoms with Crippen molar-refractivity contribution >= 4 is 0 Å². The molecule has 1 atom stereocenters. The molecule has 0 fully saturated rings. The predicted octanol–water partition coefficient (Wildman–Crippen LogP) is 2.62. The van der Waals surface area contributed by atoms with Gasteiger partial charge in [-0.1, -0.05) is 54.1 Å². The minimum Gasteiger partial charge on any atom is -0.387 e. The van der Waals surface area contributed by atoms with Crippen molar-refractivity contribution in [2.45, 2.75) is 26.1 Å². The highest BCUT2D eigenvalue weighted by Crippen LogP contribution is 2.16. The highest BCUT2D eigenvalue weighted by atomic mass is 16.3. The Labute approximate surface area is 127 Å². The Balaban J connectivity index is 1.91. The molecule has 2 aromatic carbocycles. The maximum absolute atomic E-state index is 10.3. The molecule has 0 aliphatic carbocycles. The average molecular weight is 284 g/mol. The van der Waals surface area contributed by atoms with Crippen molar-refractivity contribution in [3.05, 3.63) is 70.8 Å². The molecule has 0 radical (unpaired) electrons. The van der Waals surface area contributed by atoms with Crippen LogP contribution in [0.15, 0.2) is 48.5 Å².